The first kappa shape index (κ1) is 20.2. The van der Waals surface area contributed by atoms with Crippen molar-refractivity contribution >= 4 is 28.6 Å². The fourth-order valence-corrected chi connectivity index (χ4v) is 4.14. The van der Waals surface area contributed by atoms with Crippen LogP contribution < -0.4 is 10.6 Å². The third-order valence-corrected chi connectivity index (χ3v) is 5.70. The Kier molecular flexibility index (Phi) is 5.80. The molecule has 0 aliphatic carbocycles. The van der Waals surface area contributed by atoms with E-state index in [4.69, 9.17) is 4.98 Å². The van der Waals surface area contributed by atoms with E-state index >= 15 is 0 Å². The number of piperidine rings is 1. The van der Waals surface area contributed by atoms with Crippen LogP contribution in [0.5, 0.6) is 0 Å². The molecule has 32 heavy (non-hydrogen) atoms. The molecule has 1 atom stereocenters. The summed E-state index contributed by atoms with van der Waals surface area (Å²) in [5, 5.41) is 6.19. The van der Waals surface area contributed by atoms with Gasteiger partial charge in [-0.2, -0.15) is 0 Å². The van der Waals surface area contributed by atoms with Gasteiger partial charge in [0.05, 0.1) is 16.7 Å². The Labute approximate surface area is 186 Å². The largest absolute Gasteiger partial charge is 0.373 e. The predicted octanol–water partition coefficient (Wildman–Crippen LogP) is 3.37. The predicted molar refractivity (Wildman–Crippen MR) is 124 cm³/mol. The molecule has 0 unspecified atom stereocenters. The monoisotopic (exact) mass is 427 g/mol. The number of hydrogen-bond donors (Lipinski definition) is 2. The zero-order chi connectivity index (χ0) is 21.8. The lowest BCUT2D eigenvalue weighted by Gasteiger charge is -2.32. The number of nitrogens with zero attached hydrogens (tertiary/aromatic N) is 7. The summed E-state index contributed by atoms with van der Waals surface area (Å²) < 4.78 is 0. The minimum atomic E-state index is 0.366. The molecule has 0 spiro atoms. The Bertz CT molecular complexity index is 1210. The van der Waals surface area contributed by atoms with Gasteiger partial charge < -0.3 is 10.6 Å². The molecule has 3 aromatic heterocycles. The van der Waals surface area contributed by atoms with Gasteiger partial charge in [-0.05, 0) is 43.1 Å². The quantitative estimate of drug-likeness (QED) is 0.479. The van der Waals surface area contributed by atoms with Crippen molar-refractivity contribution in [3.05, 3.63) is 66.5 Å². The van der Waals surface area contributed by atoms with E-state index in [0.717, 1.165) is 55.0 Å². The van der Waals surface area contributed by atoms with E-state index in [0.29, 0.717) is 17.7 Å². The van der Waals surface area contributed by atoms with Gasteiger partial charge in [0.2, 0.25) is 5.95 Å². The van der Waals surface area contributed by atoms with Crippen molar-refractivity contribution in [3.8, 4) is 0 Å². The molecule has 9 nitrogen and oxygen atoms in total. The molecule has 4 heterocycles. The van der Waals surface area contributed by atoms with Gasteiger partial charge in [0.25, 0.3) is 0 Å². The van der Waals surface area contributed by atoms with Gasteiger partial charge >= 0.3 is 0 Å². The van der Waals surface area contributed by atoms with Gasteiger partial charge in [0.15, 0.2) is 0 Å². The first-order valence-electron chi connectivity index (χ1n) is 10.8. The molecular formula is C23H25N9. The first-order valence-corrected chi connectivity index (χ1v) is 10.8. The maximum absolute atomic E-state index is 4.78. The highest BCUT2D eigenvalue weighted by atomic mass is 15.2. The van der Waals surface area contributed by atoms with Gasteiger partial charge in [0.1, 0.15) is 18.0 Å². The van der Waals surface area contributed by atoms with Crippen molar-refractivity contribution in [2.45, 2.75) is 25.3 Å². The Morgan fingerprint density at radius 1 is 0.938 bits per heavy atom. The van der Waals surface area contributed by atoms with Crippen LogP contribution in [0.3, 0.4) is 0 Å². The lowest BCUT2D eigenvalue weighted by Crippen LogP contribution is -2.34. The Morgan fingerprint density at radius 2 is 1.81 bits per heavy atom. The Morgan fingerprint density at radius 3 is 2.72 bits per heavy atom. The molecule has 1 fully saturated rings. The van der Waals surface area contributed by atoms with Crippen LogP contribution in [-0.2, 0) is 6.54 Å². The third-order valence-electron chi connectivity index (χ3n) is 5.70. The molecule has 1 aromatic carbocycles. The minimum absolute atomic E-state index is 0.366. The van der Waals surface area contributed by atoms with Gasteiger partial charge in [0, 0.05) is 50.7 Å². The van der Waals surface area contributed by atoms with E-state index in [9.17, 15) is 0 Å². The van der Waals surface area contributed by atoms with E-state index in [-0.39, 0.29) is 0 Å². The smallest absolute Gasteiger partial charge is 0.228 e. The van der Waals surface area contributed by atoms with Gasteiger partial charge in [-0.25, -0.2) is 19.9 Å². The first-order chi connectivity index (χ1) is 15.8. The number of nitrogens with one attached hydrogen (secondary N) is 2. The van der Waals surface area contributed by atoms with Crippen LogP contribution in [0.4, 0.5) is 17.6 Å². The van der Waals surface area contributed by atoms with Crippen LogP contribution in [-0.4, -0.2) is 54.9 Å². The molecule has 5 rings (SSSR count). The lowest BCUT2D eigenvalue weighted by atomic mass is 9.94. The number of likely N-dealkylation sites (tertiary alicyclic amines) is 1. The summed E-state index contributed by atoms with van der Waals surface area (Å²) in [6, 6.07) is 10.2. The highest BCUT2D eigenvalue weighted by Gasteiger charge is 2.23. The summed E-state index contributed by atoms with van der Waals surface area (Å²) in [4.78, 5) is 28.8. The second-order valence-corrected chi connectivity index (χ2v) is 7.92. The molecule has 4 aromatic rings. The zero-order valence-corrected chi connectivity index (χ0v) is 17.9. The highest BCUT2D eigenvalue weighted by molar-refractivity contribution is 5.74. The van der Waals surface area contributed by atoms with E-state index in [1.807, 2.05) is 31.4 Å². The summed E-state index contributed by atoms with van der Waals surface area (Å²) in [5.41, 5.74) is 4.18. The normalized spacial score (nSPS) is 16.7. The summed E-state index contributed by atoms with van der Waals surface area (Å²) >= 11 is 0. The summed E-state index contributed by atoms with van der Waals surface area (Å²) in [5.74, 6) is 2.31. The minimum Gasteiger partial charge on any atom is -0.373 e. The summed E-state index contributed by atoms with van der Waals surface area (Å²) in [6.07, 6.45) is 9.05. The molecular weight excluding hydrogens is 402 g/mol. The van der Waals surface area contributed by atoms with Gasteiger partial charge in [-0.1, -0.05) is 6.07 Å². The summed E-state index contributed by atoms with van der Waals surface area (Å²) in [6.45, 7) is 2.94. The molecule has 1 aliphatic heterocycles. The fourth-order valence-electron chi connectivity index (χ4n) is 4.14. The maximum Gasteiger partial charge on any atom is 0.228 e. The van der Waals surface area contributed by atoms with Gasteiger partial charge in [-0.15, -0.1) is 0 Å². The van der Waals surface area contributed by atoms with E-state index < -0.39 is 0 Å². The number of fused-ring (bicyclic) bond motifs is 1. The van der Waals surface area contributed by atoms with Crippen LogP contribution in [0.15, 0.2) is 55.2 Å². The Hall–Kier alpha value is -3.72. The molecule has 9 heteroatoms. The molecule has 1 aliphatic rings. The number of rotatable bonds is 6. The molecule has 0 radical (unpaired) electrons. The Balaban J connectivity index is 1.28. The lowest BCUT2D eigenvalue weighted by molar-refractivity contribution is 0.198. The maximum atomic E-state index is 4.78. The molecule has 0 bridgehead atoms. The molecule has 2 N–H and O–H groups in total. The van der Waals surface area contributed by atoms with Crippen LogP contribution in [0.1, 0.15) is 30.0 Å². The SMILES string of the molecule is CNc1cc(Nc2nccc([C@H]3CCCN(Cc4ccc5nccnc5c4)C3)n2)ncn1. The van der Waals surface area contributed by atoms with Crippen LogP contribution in [0.25, 0.3) is 11.0 Å². The average Bonchev–Trinajstić information content (AvgIpc) is 2.84. The number of aromatic nitrogens is 6. The molecule has 1 saturated heterocycles. The van der Waals surface area contributed by atoms with Crippen molar-refractivity contribution in [3.63, 3.8) is 0 Å². The third kappa shape index (κ3) is 4.62. The van der Waals surface area contributed by atoms with Crippen molar-refractivity contribution < 1.29 is 0 Å². The second kappa shape index (κ2) is 9.19. The van der Waals surface area contributed by atoms with Crippen molar-refractivity contribution in [1.82, 2.24) is 34.8 Å². The van der Waals surface area contributed by atoms with Gasteiger partial charge in [-0.3, -0.25) is 14.9 Å². The highest BCUT2D eigenvalue weighted by Crippen LogP contribution is 2.27. The van der Waals surface area contributed by atoms with Crippen molar-refractivity contribution in [1.29, 1.82) is 0 Å². The van der Waals surface area contributed by atoms with Crippen LogP contribution in [0, 0.1) is 0 Å². The topological polar surface area (TPSA) is 105 Å². The van der Waals surface area contributed by atoms with Crippen molar-refractivity contribution in [2.75, 3.05) is 30.8 Å². The second-order valence-electron chi connectivity index (χ2n) is 7.92. The number of hydrogen-bond acceptors (Lipinski definition) is 9. The van der Waals surface area contributed by atoms with Crippen LogP contribution in [0.2, 0.25) is 0 Å². The fraction of sp³-hybridized carbons (Fsp3) is 0.304. The number of benzene rings is 1. The van der Waals surface area contributed by atoms with Crippen molar-refractivity contribution in [2.24, 2.45) is 0 Å². The van der Waals surface area contributed by atoms with E-state index in [2.05, 4.69) is 52.6 Å². The zero-order valence-electron chi connectivity index (χ0n) is 17.9. The molecule has 0 saturated carbocycles. The number of anilines is 3. The van der Waals surface area contributed by atoms with E-state index in [1.165, 1.54) is 11.9 Å². The van der Waals surface area contributed by atoms with E-state index in [1.54, 1.807) is 12.4 Å². The standard InChI is InChI=1S/C23H25N9/c1-24-21-12-22(29-15-28-21)31-23-27-7-6-18(30-23)17-3-2-10-32(14-17)13-16-4-5-19-20(11-16)26-9-8-25-19/h4-9,11-12,15,17H,2-3,10,13-14H2,1H3,(H2,24,27,28,29,30,31)/t17-/m0/s1. The summed E-state index contributed by atoms with van der Waals surface area (Å²) in [7, 11) is 1.82. The average molecular weight is 428 g/mol. The molecule has 0 amide bonds. The van der Waals surface area contributed by atoms with Crippen LogP contribution >= 0.6 is 0 Å². The molecule has 162 valence electrons.